The first-order valence-corrected chi connectivity index (χ1v) is 9.13. The Bertz CT molecular complexity index is 646. The van der Waals surface area contributed by atoms with Crippen LogP contribution in [0.1, 0.15) is 52.9 Å². The second-order valence-electron chi connectivity index (χ2n) is 8.18. The van der Waals surface area contributed by atoms with Crippen molar-refractivity contribution in [3.8, 4) is 0 Å². The Hall–Kier alpha value is -1.78. The summed E-state index contributed by atoms with van der Waals surface area (Å²) in [6, 6.07) is 0. The van der Waals surface area contributed by atoms with Crippen LogP contribution in [0.15, 0.2) is 23.5 Å². The molecular weight excluding hydrogens is 320 g/mol. The third-order valence-electron chi connectivity index (χ3n) is 7.45. The number of fused-ring (bicyclic) bond motifs is 1. The standard InChI is InChI=1S/C20H28O5/c1-5-20(25-10-21)15-7-6-14-9-19(15,8-11(14)2)17(18(23)24)16(20)12(3)13(4)22/h10,14-17,22H,2,5-9H2,1,3-4H3,(H,23,24)/b13-12+. The molecule has 3 rings (SSSR count). The quantitative estimate of drug-likeness (QED) is 0.448. The van der Waals surface area contributed by atoms with Crippen LogP contribution in [-0.2, 0) is 14.3 Å². The summed E-state index contributed by atoms with van der Waals surface area (Å²) in [5.74, 6) is -1.60. The predicted molar refractivity (Wildman–Crippen MR) is 92.8 cm³/mol. The summed E-state index contributed by atoms with van der Waals surface area (Å²) in [7, 11) is 0. The molecule has 138 valence electrons. The average molecular weight is 348 g/mol. The Morgan fingerprint density at radius 1 is 1.32 bits per heavy atom. The maximum absolute atomic E-state index is 12.4. The molecule has 2 N–H and O–H groups in total. The summed E-state index contributed by atoms with van der Waals surface area (Å²) >= 11 is 0. The van der Waals surface area contributed by atoms with Crippen molar-refractivity contribution < 1.29 is 24.5 Å². The Balaban J connectivity index is 2.27. The number of hydrogen-bond acceptors (Lipinski definition) is 4. The molecule has 0 aliphatic heterocycles. The molecule has 5 heteroatoms. The van der Waals surface area contributed by atoms with E-state index >= 15 is 0 Å². The zero-order valence-electron chi connectivity index (χ0n) is 15.2. The van der Waals surface area contributed by atoms with Gasteiger partial charge in [0.2, 0.25) is 0 Å². The second kappa shape index (κ2) is 5.89. The molecule has 0 aromatic heterocycles. The molecule has 0 heterocycles. The summed E-state index contributed by atoms with van der Waals surface area (Å²) in [4.78, 5) is 23.8. The number of carboxylic acids is 1. The highest BCUT2D eigenvalue weighted by Gasteiger charge is 2.73. The van der Waals surface area contributed by atoms with E-state index in [4.69, 9.17) is 4.74 Å². The fourth-order valence-corrected chi connectivity index (χ4v) is 6.51. The van der Waals surface area contributed by atoms with Gasteiger partial charge in [-0.2, -0.15) is 0 Å². The number of rotatable bonds is 5. The van der Waals surface area contributed by atoms with Gasteiger partial charge in [0.05, 0.1) is 11.7 Å². The first-order chi connectivity index (χ1) is 11.7. The molecule has 1 spiro atoms. The molecule has 3 aliphatic carbocycles. The zero-order valence-corrected chi connectivity index (χ0v) is 15.2. The van der Waals surface area contributed by atoms with E-state index in [1.54, 1.807) is 13.8 Å². The predicted octanol–water partition coefficient (Wildman–Crippen LogP) is 3.85. The van der Waals surface area contributed by atoms with Crippen LogP contribution in [0, 0.1) is 29.1 Å². The number of carboxylic acid groups (broad SMARTS) is 1. The number of hydrogen-bond donors (Lipinski definition) is 2. The minimum absolute atomic E-state index is 0.0221. The third kappa shape index (κ3) is 2.20. The van der Waals surface area contributed by atoms with E-state index in [2.05, 4.69) is 6.58 Å². The lowest BCUT2D eigenvalue weighted by Crippen LogP contribution is -2.46. The maximum Gasteiger partial charge on any atom is 0.307 e. The van der Waals surface area contributed by atoms with E-state index in [0.717, 1.165) is 24.8 Å². The highest BCUT2D eigenvalue weighted by atomic mass is 16.5. The number of aliphatic hydroxyl groups is 1. The van der Waals surface area contributed by atoms with Crippen molar-refractivity contribution in [2.24, 2.45) is 29.1 Å². The van der Waals surface area contributed by atoms with Crippen LogP contribution in [0.25, 0.3) is 0 Å². The van der Waals surface area contributed by atoms with Crippen molar-refractivity contribution in [3.63, 3.8) is 0 Å². The Morgan fingerprint density at radius 2 is 2.00 bits per heavy atom. The minimum atomic E-state index is -0.880. The highest BCUT2D eigenvalue weighted by Crippen LogP contribution is 2.72. The van der Waals surface area contributed by atoms with Crippen LogP contribution in [0.3, 0.4) is 0 Å². The Kier molecular flexibility index (Phi) is 4.25. The molecule has 0 aromatic rings. The monoisotopic (exact) mass is 348 g/mol. The number of carbonyl (C=O) groups is 2. The van der Waals surface area contributed by atoms with Crippen molar-refractivity contribution in [2.45, 2.75) is 58.5 Å². The number of allylic oxidation sites excluding steroid dienone is 2. The summed E-state index contributed by atoms with van der Waals surface area (Å²) in [5, 5.41) is 20.3. The fourth-order valence-electron chi connectivity index (χ4n) is 6.51. The minimum Gasteiger partial charge on any atom is -0.513 e. The zero-order chi connectivity index (χ0) is 18.6. The largest absolute Gasteiger partial charge is 0.513 e. The van der Waals surface area contributed by atoms with Crippen molar-refractivity contribution in [1.29, 1.82) is 0 Å². The van der Waals surface area contributed by atoms with Crippen molar-refractivity contribution >= 4 is 12.4 Å². The molecular formula is C20H28O5. The first kappa shape index (κ1) is 18.0. The molecule has 6 unspecified atom stereocenters. The van der Waals surface area contributed by atoms with Crippen molar-refractivity contribution in [3.05, 3.63) is 23.5 Å². The van der Waals surface area contributed by atoms with E-state index in [9.17, 15) is 19.8 Å². The highest BCUT2D eigenvalue weighted by molar-refractivity contribution is 5.74. The van der Waals surface area contributed by atoms with E-state index in [1.165, 1.54) is 0 Å². The van der Waals surface area contributed by atoms with Gasteiger partial charge in [-0.25, -0.2) is 0 Å². The van der Waals surface area contributed by atoms with Crippen LogP contribution >= 0.6 is 0 Å². The first-order valence-electron chi connectivity index (χ1n) is 9.13. The summed E-state index contributed by atoms with van der Waals surface area (Å²) in [6.45, 7) is 9.96. The van der Waals surface area contributed by atoms with Gasteiger partial charge in [0.25, 0.3) is 6.47 Å². The van der Waals surface area contributed by atoms with Crippen LogP contribution < -0.4 is 0 Å². The van der Waals surface area contributed by atoms with Gasteiger partial charge in [-0.1, -0.05) is 19.1 Å². The van der Waals surface area contributed by atoms with E-state index in [1.807, 2.05) is 6.92 Å². The van der Waals surface area contributed by atoms with Gasteiger partial charge in [-0.05, 0) is 62.9 Å². The maximum atomic E-state index is 12.4. The topological polar surface area (TPSA) is 83.8 Å². The molecule has 2 bridgehead atoms. The van der Waals surface area contributed by atoms with Crippen molar-refractivity contribution in [1.82, 2.24) is 0 Å². The van der Waals surface area contributed by atoms with Gasteiger partial charge in [0, 0.05) is 11.8 Å². The molecule has 3 saturated carbocycles. The van der Waals surface area contributed by atoms with Crippen LogP contribution in [0.2, 0.25) is 0 Å². The smallest absolute Gasteiger partial charge is 0.307 e. The van der Waals surface area contributed by atoms with Gasteiger partial charge in [-0.15, -0.1) is 0 Å². The number of ether oxygens (including phenoxy) is 1. The lowest BCUT2D eigenvalue weighted by Gasteiger charge is -2.44. The number of aliphatic carboxylic acids is 1. The van der Waals surface area contributed by atoms with Gasteiger partial charge < -0.3 is 14.9 Å². The fraction of sp³-hybridized carbons (Fsp3) is 0.700. The van der Waals surface area contributed by atoms with E-state index in [0.29, 0.717) is 30.8 Å². The number of carbonyl (C=O) groups excluding carboxylic acids is 1. The molecule has 5 nitrogen and oxygen atoms in total. The molecule has 3 fully saturated rings. The van der Waals surface area contributed by atoms with Crippen LogP contribution in [0.5, 0.6) is 0 Å². The molecule has 3 aliphatic rings. The van der Waals surface area contributed by atoms with Crippen LogP contribution in [0.4, 0.5) is 0 Å². The Labute approximate surface area is 148 Å². The molecule has 0 aromatic carbocycles. The Morgan fingerprint density at radius 3 is 2.52 bits per heavy atom. The van der Waals surface area contributed by atoms with Gasteiger partial charge in [0.15, 0.2) is 0 Å². The van der Waals surface area contributed by atoms with Gasteiger partial charge in [0.1, 0.15) is 5.60 Å². The lowest BCUT2D eigenvalue weighted by molar-refractivity contribution is -0.158. The normalized spacial score (nSPS) is 43.4. The summed E-state index contributed by atoms with van der Waals surface area (Å²) in [5.41, 5.74) is 0.433. The van der Waals surface area contributed by atoms with Gasteiger partial charge in [-0.3, -0.25) is 9.59 Å². The van der Waals surface area contributed by atoms with Crippen molar-refractivity contribution in [2.75, 3.05) is 0 Å². The second-order valence-corrected chi connectivity index (χ2v) is 8.18. The van der Waals surface area contributed by atoms with Crippen LogP contribution in [-0.4, -0.2) is 28.3 Å². The summed E-state index contributed by atoms with van der Waals surface area (Å²) < 4.78 is 5.74. The third-order valence-corrected chi connectivity index (χ3v) is 7.45. The molecule has 0 saturated heterocycles. The molecule has 6 atom stereocenters. The number of aliphatic hydroxyl groups excluding tert-OH is 1. The van der Waals surface area contributed by atoms with E-state index < -0.39 is 28.8 Å². The van der Waals surface area contributed by atoms with E-state index in [-0.39, 0.29) is 11.7 Å². The van der Waals surface area contributed by atoms with Gasteiger partial charge >= 0.3 is 5.97 Å². The SMILES string of the molecule is C=C1CC23CC1CCC2C(CC)(OC=O)C(/C(C)=C(\C)O)C3C(=O)O. The summed E-state index contributed by atoms with van der Waals surface area (Å²) in [6.07, 6.45) is 3.82. The average Bonchev–Trinajstić information content (AvgIpc) is 2.95. The molecule has 0 amide bonds. The molecule has 25 heavy (non-hydrogen) atoms. The molecule has 0 radical (unpaired) electrons. The lowest BCUT2D eigenvalue weighted by atomic mass is 9.63.